The standard InChI is InChI=1S/C17H15ClN4O.C2H6/c1-11-4-3-5-13(6-11)9-22-12(2)7-15(21-22)16(23)14-8-19-10-20-17(14)18;1-2/h3-8,10H,9H2,1-2H3;1-2H3. The smallest absolute Gasteiger partial charge is 0.217 e. The normalized spacial score (nSPS) is 10.1. The van der Waals surface area contributed by atoms with Crippen LogP contribution in [-0.2, 0) is 6.54 Å². The summed E-state index contributed by atoms with van der Waals surface area (Å²) in [5.74, 6) is -0.276. The number of hydrogen-bond donors (Lipinski definition) is 0. The molecule has 6 heteroatoms. The minimum absolute atomic E-state index is 0.135. The monoisotopic (exact) mass is 356 g/mol. The van der Waals surface area contributed by atoms with E-state index in [1.54, 1.807) is 10.7 Å². The average Bonchev–Trinajstić information content (AvgIpc) is 2.97. The minimum Gasteiger partial charge on any atom is -0.287 e. The van der Waals surface area contributed by atoms with Gasteiger partial charge < -0.3 is 0 Å². The predicted molar refractivity (Wildman–Crippen MR) is 99.1 cm³/mol. The van der Waals surface area contributed by atoms with Crippen LogP contribution in [0.5, 0.6) is 0 Å². The molecule has 0 atom stereocenters. The topological polar surface area (TPSA) is 60.7 Å². The summed E-state index contributed by atoms with van der Waals surface area (Å²) >= 11 is 5.96. The van der Waals surface area contributed by atoms with Gasteiger partial charge in [-0.25, -0.2) is 9.97 Å². The lowest BCUT2D eigenvalue weighted by Crippen LogP contribution is -2.08. The number of halogens is 1. The molecule has 0 aliphatic heterocycles. The lowest BCUT2D eigenvalue weighted by Gasteiger charge is -2.05. The van der Waals surface area contributed by atoms with Gasteiger partial charge in [0, 0.05) is 11.9 Å². The van der Waals surface area contributed by atoms with E-state index < -0.39 is 0 Å². The van der Waals surface area contributed by atoms with Gasteiger partial charge in [-0.1, -0.05) is 55.3 Å². The molecule has 0 bridgehead atoms. The molecule has 130 valence electrons. The van der Waals surface area contributed by atoms with Crippen molar-refractivity contribution in [2.45, 2.75) is 34.2 Å². The Morgan fingerprint density at radius 3 is 2.64 bits per heavy atom. The molecule has 0 spiro atoms. The van der Waals surface area contributed by atoms with Crippen LogP contribution in [0.1, 0.15) is 46.7 Å². The number of aromatic nitrogens is 4. The predicted octanol–water partition coefficient (Wildman–Crippen LogP) is 4.25. The Bertz CT molecular complexity index is 873. The van der Waals surface area contributed by atoms with Crippen LogP contribution in [0.25, 0.3) is 0 Å². The molecule has 0 aliphatic carbocycles. The molecule has 0 fully saturated rings. The summed E-state index contributed by atoms with van der Waals surface area (Å²) < 4.78 is 1.81. The van der Waals surface area contributed by atoms with Gasteiger partial charge in [0.25, 0.3) is 0 Å². The quantitative estimate of drug-likeness (QED) is 0.518. The number of aryl methyl sites for hydroxylation is 2. The lowest BCUT2D eigenvalue weighted by atomic mass is 10.1. The Morgan fingerprint density at radius 1 is 1.20 bits per heavy atom. The fourth-order valence-electron chi connectivity index (χ4n) is 2.37. The van der Waals surface area contributed by atoms with Crippen molar-refractivity contribution in [1.29, 1.82) is 0 Å². The number of carbonyl (C=O) groups is 1. The largest absolute Gasteiger partial charge is 0.287 e. The second-order valence-corrected chi connectivity index (χ2v) is 5.73. The van der Waals surface area contributed by atoms with Crippen molar-refractivity contribution in [2.75, 3.05) is 0 Å². The van der Waals surface area contributed by atoms with Crippen molar-refractivity contribution in [3.8, 4) is 0 Å². The second-order valence-electron chi connectivity index (χ2n) is 5.37. The molecule has 0 amide bonds. The van der Waals surface area contributed by atoms with Crippen LogP contribution in [0.4, 0.5) is 0 Å². The minimum atomic E-state index is -0.276. The molecular formula is C19H21ClN4O. The maximum atomic E-state index is 12.5. The number of rotatable bonds is 4. The molecule has 2 aromatic heterocycles. The first-order valence-corrected chi connectivity index (χ1v) is 8.52. The van der Waals surface area contributed by atoms with Crippen LogP contribution in [0.2, 0.25) is 5.15 Å². The van der Waals surface area contributed by atoms with Gasteiger partial charge >= 0.3 is 0 Å². The zero-order chi connectivity index (χ0) is 18.4. The summed E-state index contributed by atoms with van der Waals surface area (Å²) in [5, 5.41) is 4.54. The number of ketones is 1. The maximum Gasteiger partial charge on any atom is 0.217 e. The van der Waals surface area contributed by atoms with Crippen molar-refractivity contribution in [3.05, 3.63) is 76.1 Å². The molecule has 0 radical (unpaired) electrons. The average molecular weight is 357 g/mol. The van der Waals surface area contributed by atoms with Crippen LogP contribution in [0.3, 0.4) is 0 Å². The van der Waals surface area contributed by atoms with Crippen molar-refractivity contribution in [3.63, 3.8) is 0 Å². The van der Waals surface area contributed by atoms with Crippen LogP contribution in [0, 0.1) is 13.8 Å². The molecule has 0 N–H and O–H groups in total. The summed E-state index contributed by atoms with van der Waals surface area (Å²) in [6, 6.07) is 9.95. The van der Waals surface area contributed by atoms with Gasteiger partial charge in [-0.15, -0.1) is 0 Å². The third-order valence-electron chi connectivity index (χ3n) is 3.54. The van der Waals surface area contributed by atoms with E-state index in [1.165, 1.54) is 18.1 Å². The first-order chi connectivity index (χ1) is 12.0. The Labute approximate surface area is 152 Å². The van der Waals surface area contributed by atoms with E-state index >= 15 is 0 Å². The lowest BCUT2D eigenvalue weighted by molar-refractivity contribution is 0.103. The molecule has 0 saturated heterocycles. The molecule has 2 heterocycles. The Morgan fingerprint density at radius 2 is 1.96 bits per heavy atom. The van der Waals surface area contributed by atoms with Crippen molar-refractivity contribution >= 4 is 17.4 Å². The fraction of sp³-hybridized carbons (Fsp3) is 0.263. The van der Waals surface area contributed by atoms with E-state index in [-0.39, 0.29) is 16.5 Å². The highest BCUT2D eigenvalue weighted by molar-refractivity contribution is 6.33. The Hall–Kier alpha value is -2.53. The zero-order valence-corrected chi connectivity index (χ0v) is 15.6. The van der Waals surface area contributed by atoms with E-state index in [9.17, 15) is 4.79 Å². The third-order valence-corrected chi connectivity index (χ3v) is 3.84. The Balaban J connectivity index is 0.00000109. The van der Waals surface area contributed by atoms with Gasteiger partial charge in [0.2, 0.25) is 5.78 Å². The van der Waals surface area contributed by atoms with Gasteiger partial charge in [0.15, 0.2) is 0 Å². The highest BCUT2D eigenvalue weighted by atomic mass is 35.5. The molecule has 0 saturated carbocycles. The van der Waals surface area contributed by atoms with Gasteiger partial charge in [0.1, 0.15) is 17.2 Å². The molecule has 3 aromatic rings. The summed E-state index contributed by atoms with van der Waals surface area (Å²) in [6.45, 7) is 8.58. The summed E-state index contributed by atoms with van der Waals surface area (Å²) in [4.78, 5) is 20.2. The third kappa shape index (κ3) is 4.51. The second kappa shape index (κ2) is 8.53. The molecular weight excluding hydrogens is 336 g/mol. The fourth-order valence-corrected chi connectivity index (χ4v) is 2.55. The molecule has 1 aromatic carbocycles. The number of benzene rings is 1. The molecule has 25 heavy (non-hydrogen) atoms. The van der Waals surface area contributed by atoms with Crippen LogP contribution in [-0.4, -0.2) is 25.5 Å². The molecule has 3 rings (SSSR count). The highest BCUT2D eigenvalue weighted by Crippen LogP contribution is 2.16. The van der Waals surface area contributed by atoms with Gasteiger partial charge in [-0.05, 0) is 25.5 Å². The van der Waals surface area contributed by atoms with Crippen LogP contribution >= 0.6 is 11.6 Å². The molecule has 0 aliphatic rings. The van der Waals surface area contributed by atoms with Gasteiger partial charge in [0.05, 0.1) is 12.1 Å². The maximum absolute atomic E-state index is 12.5. The summed E-state index contributed by atoms with van der Waals surface area (Å²) in [6.07, 6.45) is 2.72. The molecule has 5 nitrogen and oxygen atoms in total. The number of nitrogens with zero attached hydrogens (tertiary/aromatic N) is 4. The first-order valence-electron chi connectivity index (χ1n) is 8.15. The van der Waals surface area contributed by atoms with E-state index in [2.05, 4.69) is 21.1 Å². The van der Waals surface area contributed by atoms with Gasteiger partial charge in [-0.2, -0.15) is 5.10 Å². The molecule has 0 unspecified atom stereocenters. The first kappa shape index (κ1) is 18.8. The van der Waals surface area contributed by atoms with Crippen molar-refractivity contribution < 1.29 is 4.79 Å². The van der Waals surface area contributed by atoms with Crippen LogP contribution in [0.15, 0.2) is 42.9 Å². The number of hydrogen-bond acceptors (Lipinski definition) is 4. The number of carbonyl (C=O) groups excluding carboxylic acids is 1. The van der Waals surface area contributed by atoms with E-state index in [0.29, 0.717) is 12.2 Å². The van der Waals surface area contributed by atoms with E-state index in [4.69, 9.17) is 11.6 Å². The summed E-state index contributed by atoms with van der Waals surface area (Å²) in [5.41, 5.74) is 3.83. The summed E-state index contributed by atoms with van der Waals surface area (Å²) in [7, 11) is 0. The Kier molecular flexibility index (Phi) is 6.42. The van der Waals surface area contributed by atoms with Gasteiger partial charge in [-0.3, -0.25) is 9.48 Å². The van der Waals surface area contributed by atoms with Crippen molar-refractivity contribution in [2.24, 2.45) is 0 Å². The highest BCUT2D eigenvalue weighted by Gasteiger charge is 2.18. The van der Waals surface area contributed by atoms with Crippen LogP contribution < -0.4 is 0 Å². The van der Waals surface area contributed by atoms with E-state index in [0.717, 1.165) is 11.3 Å². The zero-order valence-electron chi connectivity index (χ0n) is 14.8. The van der Waals surface area contributed by atoms with Crippen molar-refractivity contribution in [1.82, 2.24) is 19.7 Å². The van der Waals surface area contributed by atoms with E-state index in [1.807, 2.05) is 45.9 Å². The SMILES string of the molecule is CC.Cc1cccc(Cn2nc(C(=O)c3cncnc3Cl)cc2C)c1.